The molecule has 0 aliphatic carbocycles. The molecule has 4 aromatic carbocycles. The van der Waals surface area contributed by atoms with Gasteiger partial charge in [0.15, 0.2) is 0 Å². The molecule has 4 heteroatoms. The maximum absolute atomic E-state index is 12.2. The first-order chi connectivity index (χ1) is 17.6. The van der Waals surface area contributed by atoms with Crippen LogP contribution in [-0.2, 0) is 23.3 Å². The third-order valence-electron chi connectivity index (χ3n) is 6.68. The summed E-state index contributed by atoms with van der Waals surface area (Å²) in [7, 11) is 1.73. The molecule has 0 amide bonds. The predicted molar refractivity (Wildman–Crippen MR) is 149 cm³/mol. The molecule has 0 fully saturated rings. The number of halogens is 1. The zero-order valence-corrected chi connectivity index (χ0v) is 21.6. The Bertz CT molecular complexity index is 1220. The second kappa shape index (κ2) is 12.8. The van der Waals surface area contributed by atoms with Crippen LogP contribution in [0.5, 0.6) is 0 Å². The third kappa shape index (κ3) is 6.83. The standard InChI is InChI=1S/C32H34ClNO2/c1-36-23-22-34(25-26-12-4-2-5-13-26)21-20-32(35,28-15-6-3-7-16-28)24-27-14-8-9-17-29(27)30-18-10-11-19-31(30)33/h2-19,35H,20-25H2,1H3. The summed E-state index contributed by atoms with van der Waals surface area (Å²) in [5.74, 6) is 0. The number of ether oxygens (including phenoxy) is 1. The number of methoxy groups -OCH3 is 1. The molecule has 0 radical (unpaired) electrons. The Labute approximate surface area is 219 Å². The van der Waals surface area contributed by atoms with Crippen molar-refractivity contribution in [1.82, 2.24) is 4.90 Å². The molecule has 1 unspecified atom stereocenters. The summed E-state index contributed by atoms with van der Waals surface area (Å²) in [5, 5.41) is 12.9. The van der Waals surface area contributed by atoms with Gasteiger partial charge in [-0.2, -0.15) is 0 Å². The highest BCUT2D eigenvalue weighted by Gasteiger charge is 2.31. The summed E-state index contributed by atoms with van der Waals surface area (Å²) < 4.78 is 5.38. The van der Waals surface area contributed by atoms with E-state index in [2.05, 4.69) is 41.3 Å². The molecule has 4 rings (SSSR count). The van der Waals surface area contributed by atoms with Crippen molar-refractivity contribution in [2.45, 2.75) is 25.0 Å². The molecular weight excluding hydrogens is 466 g/mol. The summed E-state index contributed by atoms with van der Waals surface area (Å²) in [6, 6.07) is 36.6. The molecule has 0 aromatic heterocycles. The fraction of sp³-hybridized carbons (Fsp3) is 0.250. The van der Waals surface area contributed by atoms with Crippen molar-refractivity contribution in [3.05, 3.63) is 131 Å². The molecule has 4 aromatic rings. The van der Waals surface area contributed by atoms with Crippen LogP contribution in [0.15, 0.2) is 109 Å². The smallest absolute Gasteiger partial charge is 0.0949 e. The fourth-order valence-electron chi connectivity index (χ4n) is 4.69. The summed E-state index contributed by atoms with van der Waals surface area (Å²) in [6.07, 6.45) is 1.08. The maximum Gasteiger partial charge on any atom is 0.0949 e. The van der Waals surface area contributed by atoms with E-state index in [4.69, 9.17) is 16.3 Å². The van der Waals surface area contributed by atoms with E-state index in [9.17, 15) is 5.11 Å². The minimum absolute atomic E-state index is 0.488. The molecule has 186 valence electrons. The van der Waals surface area contributed by atoms with Crippen molar-refractivity contribution < 1.29 is 9.84 Å². The minimum Gasteiger partial charge on any atom is -0.385 e. The lowest BCUT2D eigenvalue weighted by atomic mass is 9.82. The lowest BCUT2D eigenvalue weighted by Gasteiger charge is -2.33. The highest BCUT2D eigenvalue weighted by atomic mass is 35.5. The Hall–Kier alpha value is -2.95. The van der Waals surface area contributed by atoms with Crippen molar-refractivity contribution in [1.29, 1.82) is 0 Å². The summed E-state index contributed by atoms with van der Waals surface area (Å²) >= 11 is 6.57. The lowest BCUT2D eigenvalue weighted by molar-refractivity contribution is 0.0140. The fourth-order valence-corrected chi connectivity index (χ4v) is 4.93. The van der Waals surface area contributed by atoms with Crippen LogP contribution in [0.3, 0.4) is 0 Å². The Morgan fingerprint density at radius 3 is 2.06 bits per heavy atom. The highest BCUT2D eigenvalue weighted by Crippen LogP contribution is 2.36. The van der Waals surface area contributed by atoms with Gasteiger partial charge in [-0.15, -0.1) is 0 Å². The average Bonchev–Trinajstić information content (AvgIpc) is 2.92. The Morgan fingerprint density at radius 1 is 0.750 bits per heavy atom. The molecule has 1 atom stereocenters. The number of rotatable bonds is 12. The van der Waals surface area contributed by atoms with Gasteiger partial charge in [-0.05, 0) is 34.7 Å². The van der Waals surface area contributed by atoms with E-state index >= 15 is 0 Å². The average molecular weight is 500 g/mol. The molecule has 0 aliphatic rings. The summed E-state index contributed by atoms with van der Waals surface area (Å²) in [4.78, 5) is 2.35. The number of hydrogen-bond acceptors (Lipinski definition) is 3. The zero-order chi connectivity index (χ0) is 25.2. The SMILES string of the molecule is COCCN(CCC(O)(Cc1ccccc1-c1ccccc1Cl)c1ccccc1)Cc1ccccc1. The van der Waals surface area contributed by atoms with E-state index in [1.54, 1.807) is 7.11 Å². The van der Waals surface area contributed by atoms with E-state index < -0.39 is 5.60 Å². The molecule has 0 bridgehead atoms. The molecule has 0 saturated heterocycles. The maximum atomic E-state index is 12.2. The summed E-state index contributed by atoms with van der Waals surface area (Å²) in [6.45, 7) is 2.99. The topological polar surface area (TPSA) is 32.7 Å². The van der Waals surface area contributed by atoms with Crippen molar-refractivity contribution in [3.8, 4) is 11.1 Å². The van der Waals surface area contributed by atoms with Crippen molar-refractivity contribution >= 4 is 11.6 Å². The normalized spacial score (nSPS) is 13.0. The monoisotopic (exact) mass is 499 g/mol. The molecule has 0 spiro atoms. The molecule has 0 aliphatic heterocycles. The van der Waals surface area contributed by atoms with Gasteiger partial charge < -0.3 is 9.84 Å². The number of aliphatic hydroxyl groups is 1. The molecule has 0 saturated carbocycles. The van der Waals surface area contributed by atoms with Crippen LogP contribution in [0, 0.1) is 0 Å². The van der Waals surface area contributed by atoms with Gasteiger partial charge in [0, 0.05) is 43.8 Å². The van der Waals surface area contributed by atoms with Crippen LogP contribution in [-0.4, -0.2) is 36.8 Å². The summed E-state index contributed by atoms with van der Waals surface area (Å²) in [5.41, 5.74) is 4.24. The Kier molecular flexibility index (Phi) is 9.32. The van der Waals surface area contributed by atoms with Gasteiger partial charge in [0.2, 0.25) is 0 Å². The van der Waals surface area contributed by atoms with E-state index in [1.807, 2.05) is 72.8 Å². The minimum atomic E-state index is -1.04. The van der Waals surface area contributed by atoms with Crippen LogP contribution in [0.1, 0.15) is 23.1 Å². The van der Waals surface area contributed by atoms with Gasteiger partial charge >= 0.3 is 0 Å². The first-order valence-electron chi connectivity index (χ1n) is 12.4. The Morgan fingerprint density at radius 2 is 1.36 bits per heavy atom. The van der Waals surface area contributed by atoms with Gasteiger partial charge in [-0.3, -0.25) is 4.90 Å². The molecule has 3 nitrogen and oxygen atoms in total. The van der Waals surface area contributed by atoms with Gasteiger partial charge in [0.1, 0.15) is 0 Å². The van der Waals surface area contributed by atoms with Gasteiger partial charge in [0.05, 0.1) is 12.2 Å². The van der Waals surface area contributed by atoms with Crippen molar-refractivity contribution in [2.24, 2.45) is 0 Å². The van der Waals surface area contributed by atoms with Crippen LogP contribution < -0.4 is 0 Å². The second-order valence-electron chi connectivity index (χ2n) is 9.22. The van der Waals surface area contributed by atoms with E-state index in [0.29, 0.717) is 24.5 Å². The molecular formula is C32H34ClNO2. The van der Waals surface area contributed by atoms with E-state index in [1.165, 1.54) is 5.56 Å². The van der Waals surface area contributed by atoms with Gasteiger partial charge in [0.25, 0.3) is 0 Å². The first kappa shape index (κ1) is 26.1. The highest BCUT2D eigenvalue weighted by molar-refractivity contribution is 6.33. The number of nitrogens with zero attached hydrogens (tertiary/aromatic N) is 1. The molecule has 36 heavy (non-hydrogen) atoms. The van der Waals surface area contributed by atoms with Gasteiger partial charge in [-0.1, -0.05) is 115 Å². The van der Waals surface area contributed by atoms with Crippen LogP contribution in [0.25, 0.3) is 11.1 Å². The van der Waals surface area contributed by atoms with Crippen molar-refractivity contribution in [3.63, 3.8) is 0 Å². The molecule has 1 N–H and O–H groups in total. The number of hydrogen-bond donors (Lipinski definition) is 1. The predicted octanol–water partition coefficient (Wildman–Crippen LogP) is 6.98. The second-order valence-corrected chi connectivity index (χ2v) is 9.62. The van der Waals surface area contributed by atoms with E-state index in [0.717, 1.165) is 41.9 Å². The zero-order valence-electron chi connectivity index (χ0n) is 20.8. The van der Waals surface area contributed by atoms with Crippen LogP contribution >= 0.6 is 11.6 Å². The van der Waals surface area contributed by atoms with Gasteiger partial charge in [-0.25, -0.2) is 0 Å². The quantitative estimate of drug-likeness (QED) is 0.228. The van der Waals surface area contributed by atoms with Crippen LogP contribution in [0.4, 0.5) is 0 Å². The largest absolute Gasteiger partial charge is 0.385 e. The van der Waals surface area contributed by atoms with Crippen LogP contribution in [0.2, 0.25) is 5.02 Å². The number of benzene rings is 4. The van der Waals surface area contributed by atoms with Crippen molar-refractivity contribution in [2.75, 3.05) is 26.8 Å². The molecule has 0 heterocycles. The Balaban J connectivity index is 1.62. The lowest BCUT2D eigenvalue weighted by Crippen LogP contribution is -2.36. The first-order valence-corrected chi connectivity index (χ1v) is 12.8. The third-order valence-corrected chi connectivity index (χ3v) is 7.01. The van der Waals surface area contributed by atoms with E-state index in [-0.39, 0.29) is 0 Å².